The van der Waals surface area contributed by atoms with E-state index in [2.05, 4.69) is 50.0 Å². The highest BCUT2D eigenvalue weighted by molar-refractivity contribution is 14.1. The fourth-order valence-electron chi connectivity index (χ4n) is 1.60. The zero-order chi connectivity index (χ0) is 13.8. The number of anilines is 1. The molecule has 1 amide bonds. The topological polar surface area (TPSA) is 70.7 Å². The van der Waals surface area contributed by atoms with Crippen LogP contribution >= 0.6 is 22.6 Å². The van der Waals surface area contributed by atoms with Crippen molar-refractivity contribution in [2.45, 2.75) is 26.7 Å². The van der Waals surface area contributed by atoms with E-state index in [4.69, 9.17) is 0 Å². The maximum Gasteiger partial charge on any atom is 0.295 e. The van der Waals surface area contributed by atoms with E-state index in [1.54, 1.807) is 0 Å². The molecule has 0 unspecified atom stereocenters. The number of aryl methyl sites for hydroxylation is 2. The first kappa shape index (κ1) is 14.0. The number of benzene rings is 1. The molecule has 0 bridgehead atoms. The summed E-state index contributed by atoms with van der Waals surface area (Å²) >= 11 is 2.24. The lowest BCUT2D eigenvalue weighted by Crippen LogP contribution is -2.14. The SMILES string of the molecule is CCCc1nc(C(=O)Nc2ccc(C)c(I)c2)n[nH]1. The molecule has 5 nitrogen and oxygen atoms in total. The number of carbonyl (C=O) groups is 1. The average Bonchev–Trinajstić information content (AvgIpc) is 2.83. The number of aromatic amines is 1. The number of nitrogens with one attached hydrogen (secondary N) is 2. The van der Waals surface area contributed by atoms with E-state index in [9.17, 15) is 4.79 Å². The van der Waals surface area contributed by atoms with Gasteiger partial charge in [0.15, 0.2) is 0 Å². The number of rotatable bonds is 4. The highest BCUT2D eigenvalue weighted by atomic mass is 127. The standard InChI is InChI=1S/C13H15IN4O/c1-3-4-11-16-12(18-17-11)13(19)15-9-6-5-8(2)10(14)7-9/h5-7H,3-4H2,1-2H3,(H,15,19)(H,16,17,18). The molecule has 1 heterocycles. The molecule has 0 aliphatic heterocycles. The van der Waals surface area contributed by atoms with E-state index in [1.165, 1.54) is 5.56 Å². The van der Waals surface area contributed by atoms with Crippen LogP contribution in [0, 0.1) is 10.5 Å². The lowest BCUT2D eigenvalue weighted by molar-refractivity contribution is 0.101. The summed E-state index contributed by atoms with van der Waals surface area (Å²) in [5.41, 5.74) is 1.93. The summed E-state index contributed by atoms with van der Waals surface area (Å²) in [4.78, 5) is 16.1. The molecular formula is C13H15IN4O. The maximum atomic E-state index is 12.0. The van der Waals surface area contributed by atoms with Crippen molar-refractivity contribution in [1.29, 1.82) is 0 Å². The van der Waals surface area contributed by atoms with Crippen molar-refractivity contribution in [2.24, 2.45) is 0 Å². The van der Waals surface area contributed by atoms with Crippen LogP contribution in [-0.2, 0) is 6.42 Å². The molecular weight excluding hydrogens is 355 g/mol. The zero-order valence-corrected chi connectivity index (χ0v) is 13.0. The third kappa shape index (κ3) is 3.52. The molecule has 0 saturated carbocycles. The van der Waals surface area contributed by atoms with Crippen molar-refractivity contribution in [2.75, 3.05) is 5.32 Å². The molecule has 2 rings (SSSR count). The Kier molecular flexibility index (Phi) is 4.52. The van der Waals surface area contributed by atoms with Crippen LogP contribution in [0.1, 0.15) is 35.4 Å². The van der Waals surface area contributed by atoms with Crippen LogP contribution in [0.25, 0.3) is 0 Å². The van der Waals surface area contributed by atoms with Gasteiger partial charge in [-0.3, -0.25) is 9.89 Å². The third-order valence-electron chi connectivity index (χ3n) is 2.65. The minimum absolute atomic E-state index is 0.180. The molecule has 19 heavy (non-hydrogen) atoms. The highest BCUT2D eigenvalue weighted by Gasteiger charge is 2.12. The Morgan fingerprint density at radius 2 is 2.26 bits per heavy atom. The first-order chi connectivity index (χ1) is 9.10. The molecule has 2 N–H and O–H groups in total. The Labute approximate surface area is 125 Å². The molecule has 2 aromatic rings. The van der Waals surface area contributed by atoms with Gasteiger partial charge in [-0.05, 0) is 53.6 Å². The van der Waals surface area contributed by atoms with E-state index in [1.807, 2.05) is 25.1 Å². The summed E-state index contributed by atoms with van der Waals surface area (Å²) in [6.07, 6.45) is 1.76. The van der Waals surface area contributed by atoms with Crippen LogP contribution in [0.2, 0.25) is 0 Å². The summed E-state index contributed by atoms with van der Waals surface area (Å²) in [5, 5.41) is 9.48. The molecule has 0 fully saturated rings. The van der Waals surface area contributed by atoms with Gasteiger partial charge in [-0.2, -0.15) is 0 Å². The van der Waals surface area contributed by atoms with Crippen molar-refractivity contribution >= 4 is 34.2 Å². The number of halogens is 1. The van der Waals surface area contributed by atoms with E-state index in [0.29, 0.717) is 0 Å². The summed E-state index contributed by atoms with van der Waals surface area (Å²) in [5.74, 6) is 0.628. The Balaban J connectivity index is 2.09. The van der Waals surface area contributed by atoms with E-state index in [-0.39, 0.29) is 11.7 Å². The predicted octanol–water partition coefficient (Wildman–Crippen LogP) is 2.92. The number of nitrogens with zero attached hydrogens (tertiary/aromatic N) is 2. The van der Waals surface area contributed by atoms with Crippen molar-refractivity contribution in [3.05, 3.63) is 39.0 Å². The molecule has 0 aliphatic carbocycles. The molecule has 0 radical (unpaired) electrons. The van der Waals surface area contributed by atoms with E-state index < -0.39 is 0 Å². The highest BCUT2D eigenvalue weighted by Crippen LogP contribution is 2.17. The molecule has 1 aromatic heterocycles. The molecule has 1 aromatic carbocycles. The Hall–Kier alpha value is -1.44. The molecule has 100 valence electrons. The predicted molar refractivity (Wildman–Crippen MR) is 82.2 cm³/mol. The van der Waals surface area contributed by atoms with Gasteiger partial charge in [0, 0.05) is 15.7 Å². The van der Waals surface area contributed by atoms with Crippen molar-refractivity contribution < 1.29 is 4.79 Å². The van der Waals surface area contributed by atoms with Gasteiger partial charge in [0.05, 0.1) is 0 Å². The number of carbonyl (C=O) groups excluding carboxylic acids is 1. The van der Waals surface area contributed by atoms with Gasteiger partial charge >= 0.3 is 0 Å². The Morgan fingerprint density at radius 3 is 2.95 bits per heavy atom. The second-order valence-corrected chi connectivity index (χ2v) is 5.44. The van der Waals surface area contributed by atoms with Gasteiger partial charge in [-0.1, -0.05) is 13.0 Å². The number of amides is 1. The van der Waals surface area contributed by atoms with Gasteiger partial charge in [0.1, 0.15) is 5.82 Å². The Morgan fingerprint density at radius 1 is 1.47 bits per heavy atom. The molecule has 0 spiro atoms. The van der Waals surface area contributed by atoms with Gasteiger partial charge in [0.25, 0.3) is 5.91 Å². The lowest BCUT2D eigenvalue weighted by Gasteiger charge is -2.04. The van der Waals surface area contributed by atoms with Gasteiger partial charge < -0.3 is 5.32 Å². The van der Waals surface area contributed by atoms with Crippen LogP contribution < -0.4 is 5.32 Å². The van der Waals surface area contributed by atoms with Gasteiger partial charge in [-0.15, -0.1) is 5.10 Å². The number of hydrogen-bond acceptors (Lipinski definition) is 3. The van der Waals surface area contributed by atoms with Crippen molar-refractivity contribution in [1.82, 2.24) is 15.2 Å². The molecule has 6 heteroatoms. The number of aromatic nitrogens is 3. The smallest absolute Gasteiger partial charge is 0.295 e. The maximum absolute atomic E-state index is 12.0. The van der Waals surface area contributed by atoms with Crippen LogP contribution in [0.4, 0.5) is 5.69 Å². The average molecular weight is 370 g/mol. The molecule has 0 aliphatic rings. The molecule has 0 saturated heterocycles. The first-order valence-electron chi connectivity index (χ1n) is 6.09. The van der Waals surface area contributed by atoms with Crippen LogP contribution in [0.3, 0.4) is 0 Å². The third-order valence-corrected chi connectivity index (χ3v) is 3.81. The fourth-order valence-corrected chi connectivity index (χ4v) is 2.12. The summed E-state index contributed by atoms with van der Waals surface area (Å²) in [7, 11) is 0. The number of hydrogen-bond donors (Lipinski definition) is 2. The quantitative estimate of drug-likeness (QED) is 0.814. The van der Waals surface area contributed by atoms with Gasteiger partial charge in [0.2, 0.25) is 5.82 Å². The minimum Gasteiger partial charge on any atom is -0.319 e. The fraction of sp³-hybridized carbons (Fsp3) is 0.308. The van der Waals surface area contributed by atoms with Crippen molar-refractivity contribution in [3.8, 4) is 0 Å². The van der Waals surface area contributed by atoms with Crippen molar-refractivity contribution in [3.63, 3.8) is 0 Å². The summed E-state index contributed by atoms with van der Waals surface area (Å²) in [6.45, 7) is 4.08. The largest absolute Gasteiger partial charge is 0.319 e. The summed E-state index contributed by atoms with van der Waals surface area (Å²) in [6, 6.07) is 5.76. The Bertz CT molecular complexity index is 594. The second kappa shape index (κ2) is 6.14. The lowest BCUT2D eigenvalue weighted by atomic mass is 10.2. The molecule has 0 atom stereocenters. The van der Waals surface area contributed by atoms with Crippen LogP contribution in [0.15, 0.2) is 18.2 Å². The zero-order valence-electron chi connectivity index (χ0n) is 10.8. The first-order valence-corrected chi connectivity index (χ1v) is 7.16. The minimum atomic E-state index is -0.293. The normalized spacial score (nSPS) is 10.5. The van der Waals surface area contributed by atoms with Crippen LogP contribution in [-0.4, -0.2) is 21.1 Å². The van der Waals surface area contributed by atoms with E-state index in [0.717, 1.165) is 27.9 Å². The van der Waals surface area contributed by atoms with Gasteiger partial charge in [-0.25, -0.2) is 4.98 Å². The number of H-pyrrole nitrogens is 1. The monoisotopic (exact) mass is 370 g/mol. The second-order valence-electron chi connectivity index (χ2n) is 4.27. The summed E-state index contributed by atoms with van der Waals surface area (Å²) < 4.78 is 1.11. The van der Waals surface area contributed by atoms with Crippen LogP contribution in [0.5, 0.6) is 0 Å². The van der Waals surface area contributed by atoms with E-state index >= 15 is 0 Å².